The summed E-state index contributed by atoms with van der Waals surface area (Å²) in [6.45, 7) is 6.15. The first-order valence-corrected chi connectivity index (χ1v) is 7.01. The third-order valence-electron chi connectivity index (χ3n) is 2.72. The molecule has 0 aromatic carbocycles. The molecule has 0 aliphatic rings. The van der Waals surface area contributed by atoms with E-state index in [0.717, 1.165) is 0 Å². The number of rotatable bonds is 6. The second-order valence-corrected chi connectivity index (χ2v) is 5.42. The highest BCUT2D eigenvalue weighted by molar-refractivity contribution is 7.13. The standard InChI is InChI=1S/C11H16N6O2S/c1-4-19-9(18)11(2,3)7-6-20-10(13-7)12-5-8-14-16-17-15-8/h6H,4-5H2,1-3H3,(H,12,13)(H,14,15,16,17). The monoisotopic (exact) mass is 296 g/mol. The molecule has 20 heavy (non-hydrogen) atoms. The fourth-order valence-electron chi connectivity index (χ4n) is 1.47. The highest BCUT2D eigenvalue weighted by atomic mass is 32.1. The lowest BCUT2D eigenvalue weighted by atomic mass is 9.90. The molecule has 0 bridgehead atoms. The number of H-pyrrole nitrogens is 1. The van der Waals surface area contributed by atoms with Crippen molar-refractivity contribution in [3.8, 4) is 0 Å². The number of ether oxygens (including phenoxy) is 1. The third kappa shape index (κ3) is 3.10. The number of esters is 1. The Bertz CT molecular complexity index is 565. The van der Waals surface area contributed by atoms with Crippen molar-refractivity contribution in [2.45, 2.75) is 32.7 Å². The summed E-state index contributed by atoms with van der Waals surface area (Å²) in [5.41, 5.74) is -0.0879. The van der Waals surface area contributed by atoms with Crippen molar-refractivity contribution >= 4 is 22.4 Å². The highest BCUT2D eigenvalue weighted by Gasteiger charge is 2.33. The first-order valence-electron chi connectivity index (χ1n) is 6.13. The van der Waals surface area contributed by atoms with E-state index in [4.69, 9.17) is 4.74 Å². The van der Waals surface area contributed by atoms with E-state index < -0.39 is 5.41 Å². The molecule has 8 nitrogen and oxygen atoms in total. The molecule has 0 saturated heterocycles. The molecule has 2 aromatic rings. The fourth-order valence-corrected chi connectivity index (χ4v) is 2.35. The van der Waals surface area contributed by atoms with E-state index >= 15 is 0 Å². The van der Waals surface area contributed by atoms with Crippen LogP contribution >= 0.6 is 11.3 Å². The van der Waals surface area contributed by atoms with Gasteiger partial charge < -0.3 is 10.1 Å². The second kappa shape index (κ2) is 5.95. The molecular formula is C11H16N6O2S. The average molecular weight is 296 g/mol. The van der Waals surface area contributed by atoms with E-state index in [0.29, 0.717) is 29.8 Å². The van der Waals surface area contributed by atoms with Gasteiger partial charge in [0, 0.05) is 5.38 Å². The molecule has 0 amide bonds. The second-order valence-electron chi connectivity index (χ2n) is 4.56. The van der Waals surface area contributed by atoms with Gasteiger partial charge in [-0.25, -0.2) is 4.98 Å². The number of thiazole rings is 1. The van der Waals surface area contributed by atoms with Crippen molar-refractivity contribution in [2.24, 2.45) is 0 Å². The van der Waals surface area contributed by atoms with Gasteiger partial charge in [0.05, 0.1) is 18.8 Å². The van der Waals surface area contributed by atoms with Crippen molar-refractivity contribution in [3.63, 3.8) is 0 Å². The van der Waals surface area contributed by atoms with Crippen LogP contribution in [0.3, 0.4) is 0 Å². The summed E-state index contributed by atoms with van der Waals surface area (Å²) in [6, 6.07) is 0. The number of aromatic nitrogens is 5. The van der Waals surface area contributed by atoms with Gasteiger partial charge in [0.15, 0.2) is 11.0 Å². The minimum Gasteiger partial charge on any atom is -0.465 e. The number of nitrogens with one attached hydrogen (secondary N) is 2. The van der Waals surface area contributed by atoms with Gasteiger partial charge in [-0.15, -0.1) is 21.5 Å². The maximum Gasteiger partial charge on any atom is 0.317 e. The Labute approximate surface area is 120 Å². The van der Waals surface area contributed by atoms with Crippen LogP contribution in [0, 0.1) is 0 Å². The average Bonchev–Trinajstić information content (AvgIpc) is 3.08. The lowest BCUT2D eigenvalue weighted by Gasteiger charge is -2.19. The van der Waals surface area contributed by atoms with Crippen LogP contribution in [-0.2, 0) is 21.5 Å². The normalized spacial score (nSPS) is 11.3. The zero-order valence-electron chi connectivity index (χ0n) is 11.5. The van der Waals surface area contributed by atoms with Gasteiger partial charge in [0.1, 0.15) is 5.41 Å². The number of carbonyl (C=O) groups excluding carboxylic acids is 1. The highest BCUT2D eigenvalue weighted by Crippen LogP contribution is 2.28. The summed E-state index contributed by atoms with van der Waals surface area (Å²) in [4.78, 5) is 16.3. The van der Waals surface area contributed by atoms with E-state index in [9.17, 15) is 4.79 Å². The molecule has 0 aliphatic heterocycles. The minimum atomic E-state index is -0.765. The van der Waals surface area contributed by atoms with Gasteiger partial charge in [-0.05, 0) is 20.8 Å². The Morgan fingerprint density at radius 1 is 1.55 bits per heavy atom. The summed E-state index contributed by atoms with van der Waals surface area (Å²) in [6.07, 6.45) is 0. The quantitative estimate of drug-likeness (QED) is 0.769. The predicted octanol–water partition coefficient (Wildman–Crippen LogP) is 1.11. The number of hydrogen-bond donors (Lipinski definition) is 2. The van der Waals surface area contributed by atoms with Gasteiger partial charge >= 0.3 is 5.97 Å². The Balaban J connectivity index is 2.02. The van der Waals surface area contributed by atoms with Crippen LogP contribution in [0.25, 0.3) is 0 Å². The van der Waals surface area contributed by atoms with Crippen LogP contribution in [0.4, 0.5) is 5.13 Å². The molecule has 0 aliphatic carbocycles. The molecule has 0 saturated carbocycles. The summed E-state index contributed by atoms with van der Waals surface area (Å²) in [7, 11) is 0. The Morgan fingerprint density at radius 2 is 2.35 bits per heavy atom. The van der Waals surface area contributed by atoms with Crippen LogP contribution in [-0.4, -0.2) is 38.2 Å². The molecule has 0 atom stereocenters. The van der Waals surface area contributed by atoms with E-state index in [2.05, 4.69) is 30.9 Å². The molecule has 0 spiro atoms. The molecule has 9 heteroatoms. The van der Waals surface area contributed by atoms with E-state index in [1.807, 2.05) is 5.38 Å². The van der Waals surface area contributed by atoms with E-state index in [1.165, 1.54) is 11.3 Å². The summed E-state index contributed by atoms with van der Waals surface area (Å²) < 4.78 is 5.06. The number of hydrogen-bond acceptors (Lipinski definition) is 8. The first-order chi connectivity index (χ1) is 9.54. The molecule has 2 heterocycles. The van der Waals surface area contributed by atoms with Crippen LogP contribution < -0.4 is 5.32 Å². The maximum absolute atomic E-state index is 11.9. The third-order valence-corrected chi connectivity index (χ3v) is 3.52. The van der Waals surface area contributed by atoms with Gasteiger partial charge in [-0.2, -0.15) is 5.21 Å². The van der Waals surface area contributed by atoms with Crippen molar-refractivity contribution in [2.75, 3.05) is 11.9 Å². The van der Waals surface area contributed by atoms with E-state index in [-0.39, 0.29) is 5.97 Å². The Morgan fingerprint density at radius 3 is 3.00 bits per heavy atom. The summed E-state index contributed by atoms with van der Waals surface area (Å²) in [5, 5.41) is 19.1. The molecule has 2 rings (SSSR count). The number of nitrogens with zero attached hydrogens (tertiary/aromatic N) is 4. The van der Waals surface area contributed by atoms with Crippen LogP contribution in [0.15, 0.2) is 5.38 Å². The lowest BCUT2D eigenvalue weighted by molar-refractivity contribution is -0.148. The van der Waals surface area contributed by atoms with Gasteiger partial charge in [-0.1, -0.05) is 5.21 Å². The molecule has 2 aromatic heterocycles. The van der Waals surface area contributed by atoms with Crippen LogP contribution in [0.5, 0.6) is 0 Å². The fraction of sp³-hybridized carbons (Fsp3) is 0.545. The SMILES string of the molecule is CCOC(=O)C(C)(C)c1csc(NCc2nn[nH]n2)n1. The Hall–Kier alpha value is -2.03. The maximum atomic E-state index is 11.9. The van der Waals surface area contributed by atoms with Crippen molar-refractivity contribution in [3.05, 3.63) is 16.9 Å². The van der Waals surface area contributed by atoms with Crippen LogP contribution in [0.1, 0.15) is 32.3 Å². The molecule has 0 fully saturated rings. The number of anilines is 1. The molecule has 2 N–H and O–H groups in total. The number of carbonyl (C=O) groups is 1. The zero-order valence-corrected chi connectivity index (χ0v) is 12.3. The van der Waals surface area contributed by atoms with Gasteiger partial charge in [0.2, 0.25) is 0 Å². The zero-order chi connectivity index (χ0) is 14.6. The largest absolute Gasteiger partial charge is 0.465 e. The molecular weight excluding hydrogens is 280 g/mol. The topological polar surface area (TPSA) is 106 Å². The molecule has 0 radical (unpaired) electrons. The van der Waals surface area contributed by atoms with Gasteiger partial charge in [0.25, 0.3) is 0 Å². The number of aromatic amines is 1. The van der Waals surface area contributed by atoms with Crippen LogP contribution in [0.2, 0.25) is 0 Å². The minimum absolute atomic E-state index is 0.282. The lowest BCUT2D eigenvalue weighted by Crippen LogP contribution is -2.31. The van der Waals surface area contributed by atoms with Crippen molar-refractivity contribution in [1.29, 1.82) is 0 Å². The predicted molar refractivity (Wildman–Crippen MR) is 73.3 cm³/mol. The molecule has 0 unspecified atom stereocenters. The van der Waals surface area contributed by atoms with E-state index in [1.54, 1.807) is 20.8 Å². The molecule has 108 valence electrons. The van der Waals surface area contributed by atoms with Gasteiger partial charge in [-0.3, -0.25) is 4.79 Å². The summed E-state index contributed by atoms with van der Waals surface area (Å²) in [5.74, 6) is 0.265. The Kier molecular flexibility index (Phi) is 4.28. The smallest absolute Gasteiger partial charge is 0.317 e. The van der Waals surface area contributed by atoms with Crippen molar-refractivity contribution in [1.82, 2.24) is 25.6 Å². The van der Waals surface area contributed by atoms with Crippen molar-refractivity contribution < 1.29 is 9.53 Å². The summed E-state index contributed by atoms with van der Waals surface area (Å²) >= 11 is 1.42. The number of tetrazole rings is 1. The first kappa shape index (κ1) is 14.4.